The minimum Gasteiger partial charge on any atom is -0.382 e. The van der Waals surface area contributed by atoms with E-state index in [1.54, 1.807) is 7.11 Å². The number of hydrogen-bond donors (Lipinski definition) is 1. The average Bonchev–Trinajstić information content (AvgIpc) is 2.42. The summed E-state index contributed by atoms with van der Waals surface area (Å²) < 4.78 is 4.80. The lowest BCUT2D eigenvalue weighted by Crippen LogP contribution is -2.25. The summed E-state index contributed by atoms with van der Waals surface area (Å²) in [5, 5.41) is 0. The molecule has 1 N–H and O–H groups in total. The average molecular weight is 251 g/mol. The van der Waals surface area contributed by atoms with Crippen LogP contribution in [0.2, 0.25) is 0 Å². The first kappa shape index (κ1) is 14.7. The second-order valence-electron chi connectivity index (χ2n) is 4.04. The first-order chi connectivity index (χ1) is 8.76. The number of hydrogen-bond acceptors (Lipinski definition) is 3. The summed E-state index contributed by atoms with van der Waals surface area (Å²) in [5.74, 6) is -0.106. The number of benzene rings is 1. The molecule has 18 heavy (non-hydrogen) atoms. The highest BCUT2D eigenvalue weighted by molar-refractivity contribution is 5.75. The van der Waals surface area contributed by atoms with Gasteiger partial charge in [-0.25, -0.2) is 5.48 Å². The zero-order chi connectivity index (χ0) is 13.2. The molecule has 0 unspecified atom stereocenters. The van der Waals surface area contributed by atoms with Crippen LogP contribution in [0.5, 0.6) is 0 Å². The first-order valence-electron chi connectivity index (χ1n) is 6.23. The highest BCUT2D eigenvalue weighted by Crippen LogP contribution is 2.07. The van der Waals surface area contributed by atoms with Crippen molar-refractivity contribution in [3.05, 3.63) is 35.4 Å². The molecule has 0 aliphatic heterocycles. The normalized spacial score (nSPS) is 10.3. The third-order valence-electron chi connectivity index (χ3n) is 2.65. The minimum atomic E-state index is -0.106. The van der Waals surface area contributed by atoms with Gasteiger partial charge in [0.05, 0.1) is 13.2 Å². The molecule has 0 saturated heterocycles. The second kappa shape index (κ2) is 8.66. The molecule has 100 valence electrons. The number of amides is 1. The van der Waals surface area contributed by atoms with Gasteiger partial charge in [-0.1, -0.05) is 31.2 Å². The standard InChI is InChI=1S/C14H21NO3/c1-3-12-4-6-13(7-5-12)8-9-14(16)15-18-11-10-17-2/h4-7H,3,8-11H2,1-2H3,(H,15,16). The summed E-state index contributed by atoms with van der Waals surface area (Å²) in [6, 6.07) is 8.33. The van der Waals surface area contributed by atoms with Crippen molar-refractivity contribution in [2.75, 3.05) is 20.3 Å². The lowest BCUT2D eigenvalue weighted by atomic mass is 10.1. The van der Waals surface area contributed by atoms with Crippen molar-refractivity contribution in [1.82, 2.24) is 5.48 Å². The van der Waals surface area contributed by atoms with Gasteiger partial charge >= 0.3 is 0 Å². The fourth-order valence-electron chi connectivity index (χ4n) is 1.51. The molecule has 0 atom stereocenters. The van der Waals surface area contributed by atoms with Crippen molar-refractivity contribution in [2.45, 2.75) is 26.2 Å². The van der Waals surface area contributed by atoms with Crippen molar-refractivity contribution in [3.63, 3.8) is 0 Å². The van der Waals surface area contributed by atoms with E-state index >= 15 is 0 Å². The van der Waals surface area contributed by atoms with Crippen LogP contribution < -0.4 is 5.48 Å². The molecule has 0 aromatic heterocycles. The first-order valence-corrected chi connectivity index (χ1v) is 6.23. The summed E-state index contributed by atoms with van der Waals surface area (Å²) in [5.41, 5.74) is 4.87. The topological polar surface area (TPSA) is 47.6 Å². The number of nitrogens with one attached hydrogen (secondary N) is 1. The highest BCUT2D eigenvalue weighted by Gasteiger charge is 2.02. The van der Waals surface area contributed by atoms with Crippen LogP contribution in [0.15, 0.2) is 24.3 Å². The maximum atomic E-state index is 11.4. The number of hydroxylamine groups is 1. The van der Waals surface area contributed by atoms with Gasteiger partial charge in [0, 0.05) is 13.5 Å². The Morgan fingerprint density at radius 2 is 1.83 bits per heavy atom. The number of methoxy groups -OCH3 is 1. The molecule has 1 rings (SSSR count). The van der Waals surface area contributed by atoms with Gasteiger partial charge < -0.3 is 4.74 Å². The second-order valence-corrected chi connectivity index (χ2v) is 4.04. The van der Waals surface area contributed by atoms with E-state index in [0.29, 0.717) is 19.6 Å². The van der Waals surface area contributed by atoms with Gasteiger partial charge in [-0.15, -0.1) is 0 Å². The maximum Gasteiger partial charge on any atom is 0.243 e. The van der Waals surface area contributed by atoms with Crippen LogP contribution in [0.25, 0.3) is 0 Å². The molecule has 1 aromatic carbocycles. The van der Waals surface area contributed by atoms with Crippen LogP contribution in [-0.2, 0) is 27.2 Å². The van der Waals surface area contributed by atoms with E-state index in [9.17, 15) is 4.79 Å². The van der Waals surface area contributed by atoms with Crippen molar-refractivity contribution < 1.29 is 14.4 Å². The Kier molecular flexibility index (Phi) is 7.06. The smallest absolute Gasteiger partial charge is 0.243 e. The molecule has 1 amide bonds. The molecule has 0 radical (unpaired) electrons. The van der Waals surface area contributed by atoms with Gasteiger partial charge in [0.25, 0.3) is 0 Å². The zero-order valence-electron chi connectivity index (χ0n) is 11.1. The third kappa shape index (κ3) is 5.80. The summed E-state index contributed by atoms with van der Waals surface area (Å²) in [7, 11) is 1.59. The number of carbonyl (C=O) groups excluding carboxylic acids is 1. The molecule has 0 saturated carbocycles. The Morgan fingerprint density at radius 3 is 2.44 bits per heavy atom. The van der Waals surface area contributed by atoms with Crippen LogP contribution in [0.1, 0.15) is 24.5 Å². The third-order valence-corrected chi connectivity index (χ3v) is 2.65. The van der Waals surface area contributed by atoms with Gasteiger partial charge in [-0.3, -0.25) is 9.63 Å². The van der Waals surface area contributed by atoms with E-state index < -0.39 is 0 Å². The van der Waals surface area contributed by atoms with Crippen LogP contribution in [0, 0.1) is 0 Å². The lowest BCUT2D eigenvalue weighted by Gasteiger charge is -2.06. The Balaban J connectivity index is 2.20. The van der Waals surface area contributed by atoms with Crippen molar-refractivity contribution in [2.24, 2.45) is 0 Å². The molecule has 4 nitrogen and oxygen atoms in total. The van der Waals surface area contributed by atoms with E-state index in [4.69, 9.17) is 9.57 Å². The highest BCUT2D eigenvalue weighted by atomic mass is 16.7. The fourth-order valence-corrected chi connectivity index (χ4v) is 1.51. The SMILES string of the molecule is CCc1ccc(CCC(=O)NOCCOC)cc1. The molecule has 0 heterocycles. The summed E-state index contributed by atoms with van der Waals surface area (Å²) >= 11 is 0. The van der Waals surface area contributed by atoms with Crippen LogP contribution in [0.4, 0.5) is 0 Å². The van der Waals surface area contributed by atoms with Crippen molar-refractivity contribution >= 4 is 5.91 Å². The van der Waals surface area contributed by atoms with Gasteiger partial charge in [-0.2, -0.15) is 0 Å². The fraction of sp³-hybridized carbons (Fsp3) is 0.500. The number of rotatable bonds is 8. The molecule has 0 bridgehead atoms. The van der Waals surface area contributed by atoms with Crippen LogP contribution in [0.3, 0.4) is 0 Å². The van der Waals surface area contributed by atoms with E-state index in [0.717, 1.165) is 12.8 Å². The van der Waals surface area contributed by atoms with E-state index in [1.807, 2.05) is 0 Å². The van der Waals surface area contributed by atoms with Crippen LogP contribution >= 0.6 is 0 Å². The molecular weight excluding hydrogens is 230 g/mol. The molecule has 0 fully saturated rings. The number of aryl methyl sites for hydroxylation is 2. The molecule has 0 spiro atoms. The van der Waals surface area contributed by atoms with Gasteiger partial charge in [-0.05, 0) is 24.0 Å². The van der Waals surface area contributed by atoms with Crippen molar-refractivity contribution in [1.29, 1.82) is 0 Å². The summed E-state index contributed by atoms with van der Waals surface area (Å²) in [6.07, 6.45) is 2.19. The molecule has 0 aliphatic carbocycles. The largest absolute Gasteiger partial charge is 0.382 e. The molecule has 4 heteroatoms. The Labute approximate surface area is 108 Å². The number of ether oxygens (including phenoxy) is 1. The molecule has 1 aromatic rings. The van der Waals surface area contributed by atoms with E-state index in [-0.39, 0.29) is 5.91 Å². The Morgan fingerprint density at radius 1 is 1.17 bits per heavy atom. The van der Waals surface area contributed by atoms with Crippen LogP contribution in [-0.4, -0.2) is 26.2 Å². The predicted molar refractivity (Wildman–Crippen MR) is 70.1 cm³/mol. The zero-order valence-corrected chi connectivity index (χ0v) is 11.1. The Hall–Kier alpha value is -1.39. The van der Waals surface area contributed by atoms with Gasteiger partial charge in [0.15, 0.2) is 0 Å². The lowest BCUT2D eigenvalue weighted by molar-refractivity contribution is -0.134. The maximum absolute atomic E-state index is 11.4. The van der Waals surface area contributed by atoms with Gasteiger partial charge in [0.2, 0.25) is 5.91 Å². The minimum absolute atomic E-state index is 0.106. The summed E-state index contributed by atoms with van der Waals surface area (Å²) in [6.45, 7) is 2.96. The molecule has 0 aliphatic rings. The van der Waals surface area contributed by atoms with Gasteiger partial charge in [0.1, 0.15) is 0 Å². The van der Waals surface area contributed by atoms with E-state index in [1.165, 1.54) is 11.1 Å². The quantitative estimate of drug-likeness (QED) is 0.567. The monoisotopic (exact) mass is 251 g/mol. The summed E-state index contributed by atoms with van der Waals surface area (Å²) in [4.78, 5) is 16.4. The molecular formula is C14H21NO3. The van der Waals surface area contributed by atoms with Crippen molar-refractivity contribution in [3.8, 4) is 0 Å². The van der Waals surface area contributed by atoms with E-state index in [2.05, 4.69) is 36.7 Å². The Bertz CT molecular complexity index is 349. The predicted octanol–water partition coefficient (Wildman–Crippen LogP) is 1.88. The number of carbonyl (C=O) groups is 1.